The maximum Gasteiger partial charge on any atom is 0.341 e. The topological polar surface area (TPSA) is 175 Å². The molecule has 0 aliphatic rings. The fourth-order valence-electron chi connectivity index (χ4n) is 1.36. The molecule has 0 aromatic heterocycles. The van der Waals surface area contributed by atoms with Crippen LogP contribution in [0.15, 0.2) is 29.2 Å². The molecular weight excluding hydrogens is 332 g/mol. The molecule has 0 unspecified atom stereocenters. The van der Waals surface area contributed by atoms with Crippen LogP contribution in [0.4, 0.5) is 5.69 Å². The quantitative estimate of drug-likeness (QED) is 0.355. The lowest BCUT2D eigenvalue weighted by atomic mass is 10.3. The van der Waals surface area contributed by atoms with Crippen LogP contribution in [0.2, 0.25) is 0 Å². The normalized spacial score (nSPS) is 13.7. The standard InChI is InChI=1S/C8H13NO8P2S/c9-6-1-3-7(4-2-6)20(16,17)5-8(18(10,11)12)19(13,14)15/h1-4,8H,5,9H2,(H2,10,11,12)(H2,13,14,15). The number of anilines is 1. The van der Waals surface area contributed by atoms with E-state index < -0.39 is 36.2 Å². The van der Waals surface area contributed by atoms with Gasteiger partial charge in [0.2, 0.25) is 0 Å². The van der Waals surface area contributed by atoms with Crippen LogP contribution < -0.4 is 5.73 Å². The molecule has 0 fully saturated rings. The minimum atomic E-state index is -5.29. The summed E-state index contributed by atoms with van der Waals surface area (Å²) in [5.74, 6) is -1.37. The Morgan fingerprint density at radius 3 is 1.75 bits per heavy atom. The summed E-state index contributed by atoms with van der Waals surface area (Å²) in [5, 5.41) is -2.60. The lowest BCUT2D eigenvalue weighted by molar-refractivity contribution is 0.342. The van der Waals surface area contributed by atoms with Crippen molar-refractivity contribution in [3.63, 3.8) is 0 Å². The molecular formula is C8H13NO8P2S. The summed E-state index contributed by atoms with van der Waals surface area (Å²) in [6.07, 6.45) is 0. The highest BCUT2D eigenvalue weighted by Crippen LogP contribution is 2.60. The van der Waals surface area contributed by atoms with E-state index in [-0.39, 0.29) is 10.6 Å². The van der Waals surface area contributed by atoms with Crippen LogP contribution >= 0.6 is 15.2 Å². The summed E-state index contributed by atoms with van der Waals surface area (Å²) in [5.41, 5.74) is 5.63. The lowest BCUT2D eigenvalue weighted by Crippen LogP contribution is -2.22. The van der Waals surface area contributed by atoms with E-state index in [0.717, 1.165) is 12.1 Å². The predicted molar refractivity (Wildman–Crippen MR) is 70.8 cm³/mol. The summed E-state index contributed by atoms with van der Waals surface area (Å²) < 4.78 is 46.0. The maximum atomic E-state index is 11.9. The van der Waals surface area contributed by atoms with Gasteiger partial charge in [-0.05, 0) is 24.3 Å². The molecule has 1 aromatic carbocycles. The van der Waals surface area contributed by atoms with Crippen LogP contribution in [0, 0.1) is 0 Å². The van der Waals surface area contributed by atoms with E-state index in [4.69, 9.17) is 25.3 Å². The van der Waals surface area contributed by atoms with Crippen LogP contribution in [0.1, 0.15) is 0 Å². The summed E-state index contributed by atoms with van der Waals surface area (Å²) in [6, 6.07) is 4.66. The van der Waals surface area contributed by atoms with Gasteiger partial charge in [-0.1, -0.05) is 0 Å². The van der Waals surface area contributed by atoms with Crippen LogP contribution in [-0.4, -0.2) is 39.1 Å². The van der Waals surface area contributed by atoms with Gasteiger partial charge in [-0.2, -0.15) is 0 Å². The Kier molecular flexibility index (Phi) is 4.83. The summed E-state index contributed by atoms with van der Waals surface area (Å²) >= 11 is 0. The molecule has 0 bridgehead atoms. The van der Waals surface area contributed by atoms with E-state index in [9.17, 15) is 17.5 Å². The van der Waals surface area contributed by atoms with Gasteiger partial charge in [-0.25, -0.2) is 8.42 Å². The van der Waals surface area contributed by atoms with Crippen molar-refractivity contribution in [3.8, 4) is 0 Å². The van der Waals surface area contributed by atoms with Crippen molar-refractivity contribution < 1.29 is 37.1 Å². The van der Waals surface area contributed by atoms with Crippen molar-refractivity contribution >= 4 is 30.7 Å². The molecule has 0 aliphatic carbocycles. The van der Waals surface area contributed by atoms with Crippen LogP contribution in [0.25, 0.3) is 0 Å². The Morgan fingerprint density at radius 1 is 1.00 bits per heavy atom. The molecule has 6 N–H and O–H groups in total. The van der Waals surface area contributed by atoms with Gasteiger partial charge in [0.15, 0.2) is 15.2 Å². The lowest BCUT2D eigenvalue weighted by Gasteiger charge is -2.19. The number of hydrogen-bond donors (Lipinski definition) is 5. The Hall–Kier alpha value is -0.730. The van der Waals surface area contributed by atoms with Crippen LogP contribution in [-0.2, 0) is 19.0 Å². The average Bonchev–Trinajstić information content (AvgIpc) is 2.23. The van der Waals surface area contributed by atoms with Gasteiger partial charge in [-0.3, -0.25) is 9.13 Å². The average molecular weight is 345 g/mol. The van der Waals surface area contributed by atoms with Gasteiger partial charge < -0.3 is 25.3 Å². The second-order valence-electron chi connectivity index (χ2n) is 4.01. The number of hydrogen-bond acceptors (Lipinski definition) is 5. The van der Waals surface area contributed by atoms with Gasteiger partial charge in [0.25, 0.3) is 0 Å². The molecule has 12 heteroatoms. The van der Waals surface area contributed by atoms with Crippen molar-refractivity contribution in [2.75, 3.05) is 11.5 Å². The third-order valence-corrected chi connectivity index (χ3v) is 8.36. The third kappa shape index (κ3) is 4.39. The molecule has 0 radical (unpaired) electrons. The zero-order valence-electron chi connectivity index (χ0n) is 9.90. The summed E-state index contributed by atoms with van der Waals surface area (Å²) in [4.78, 5) is 35.3. The smallest absolute Gasteiger partial charge is 0.341 e. The van der Waals surface area contributed by atoms with Crippen molar-refractivity contribution in [3.05, 3.63) is 24.3 Å². The molecule has 9 nitrogen and oxygen atoms in total. The number of sulfone groups is 1. The zero-order chi connectivity index (χ0) is 15.8. The number of rotatable bonds is 5. The highest BCUT2D eigenvalue weighted by atomic mass is 32.2. The van der Waals surface area contributed by atoms with E-state index in [0.29, 0.717) is 0 Å². The van der Waals surface area contributed by atoms with Gasteiger partial charge in [-0.15, -0.1) is 0 Å². The molecule has 0 atom stereocenters. The first kappa shape index (κ1) is 17.3. The van der Waals surface area contributed by atoms with Gasteiger partial charge >= 0.3 is 15.2 Å². The zero-order valence-corrected chi connectivity index (χ0v) is 12.5. The highest BCUT2D eigenvalue weighted by Gasteiger charge is 2.46. The van der Waals surface area contributed by atoms with E-state index >= 15 is 0 Å². The van der Waals surface area contributed by atoms with Gasteiger partial charge in [0.05, 0.1) is 10.6 Å². The Bertz CT molecular complexity index is 651. The number of benzene rings is 1. The second-order valence-corrected chi connectivity index (χ2v) is 10.1. The molecule has 0 amide bonds. The molecule has 114 valence electrons. The first-order chi connectivity index (χ1) is 8.84. The molecule has 1 aromatic rings. The largest absolute Gasteiger partial charge is 0.399 e. The molecule has 20 heavy (non-hydrogen) atoms. The Labute approximate surface area is 114 Å². The number of nitrogens with two attached hydrogens (primary N) is 1. The predicted octanol–water partition coefficient (Wildman–Crippen LogP) is -0.276. The monoisotopic (exact) mass is 345 g/mol. The third-order valence-electron chi connectivity index (χ3n) is 2.38. The van der Waals surface area contributed by atoms with E-state index in [1.807, 2.05) is 0 Å². The van der Waals surface area contributed by atoms with Crippen LogP contribution in [0.5, 0.6) is 0 Å². The van der Waals surface area contributed by atoms with Crippen molar-refractivity contribution in [1.29, 1.82) is 0 Å². The summed E-state index contributed by atoms with van der Waals surface area (Å²) in [6.45, 7) is 0. The number of nitrogen functional groups attached to an aromatic ring is 1. The Morgan fingerprint density at radius 2 is 1.40 bits per heavy atom. The molecule has 0 saturated carbocycles. The fourth-order valence-corrected chi connectivity index (χ4v) is 6.79. The maximum absolute atomic E-state index is 11.9. The Balaban J connectivity index is 3.20. The first-order valence-corrected chi connectivity index (χ1v) is 10.0. The van der Waals surface area contributed by atoms with E-state index in [2.05, 4.69) is 0 Å². The van der Waals surface area contributed by atoms with Crippen molar-refractivity contribution in [2.45, 2.75) is 10.3 Å². The van der Waals surface area contributed by atoms with Crippen molar-refractivity contribution in [2.24, 2.45) is 0 Å². The van der Waals surface area contributed by atoms with Gasteiger partial charge in [0, 0.05) is 5.69 Å². The second kappa shape index (κ2) is 5.57. The minimum absolute atomic E-state index is 0.269. The first-order valence-electron chi connectivity index (χ1n) is 5.03. The summed E-state index contributed by atoms with van der Waals surface area (Å²) in [7, 11) is -14.9. The van der Waals surface area contributed by atoms with E-state index in [1.54, 1.807) is 0 Å². The fraction of sp³-hybridized carbons (Fsp3) is 0.250. The molecule has 0 heterocycles. The molecule has 0 aliphatic heterocycles. The van der Waals surface area contributed by atoms with Gasteiger partial charge in [0.1, 0.15) is 0 Å². The minimum Gasteiger partial charge on any atom is -0.399 e. The molecule has 1 rings (SSSR count). The van der Waals surface area contributed by atoms with E-state index in [1.165, 1.54) is 12.1 Å². The van der Waals surface area contributed by atoms with Crippen molar-refractivity contribution in [1.82, 2.24) is 0 Å². The van der Waals surface area contributed by atoms with Crippen LogP contribution in [0.3, 0.4) is 0 Å². The molecule has 0 spiro atoms. The SMILES string of the molecule is Nc1ccc(S(=O)(=O)CC(P(=O)(O)O)P(=O)(O)O)cc1. The molecule has 0 saturated heterocycles. The highest BCUT2D eigenvalue weighted by molar-refractivity contribution is 7.92.